The Morgan fingerprint density at radius 2 is 2.08 bits per heavy atom. The quantitative estimate of drug-likeness (QED) is 0.689. The molecule has 0 radical (unpaired) electrons. The summed E-state index contributed by atoms with van der Waals surface area (Å²) in [4.78, 5) is 1.76. The molecule has 2 N–H and O–H groups in total. The first kappa shape index (κ1) is 9.80. The lowest BCUT2D eigenvalue weighted by Gasteiger charge is -2.15. The van der Waals surface area contributed by atoms with E-state index < -0.39 is 12.6 Å². The van der Waals surface area contributed by atoms with E-state index in [4.69, 9.17) is 5.73 Å². The lowest BCUT2D eigenvalue weighted by Crippen LogP contribution is -2.29. The third-order valence-electron chi connectivity index (χ3n) is 2.02. The summed E-state index contributed by atoms with van der Waals surface area (Å²) in [6, 6.07) is 0.0678. The van der Waals surface area contributed by atoms with Gasteiger partial charge in [0.15, 0.2) is 0 Å². The third kappa shape index (κ3) is 3.40. The molecular formula is C7H13F3N2. The Kier molecular flexibility index (Phi) is 2.95. The van der Waals surface area contributed by atoms with Crippen molar-refractivity contribution in [3.8, 4) is 0 Å². The molecule has 1 atom stereocenters. The smallest absolute Gasteiger partial charge is 0.326 e. The highest BCUT2D eigenvalue weighted by molar-refractivity contribution is 4.77. The van der Waals surface area contributed by atoms with Crippen molar-refractivity contribution in [2.75, 3.05) is 19.6 Å². The summed E-state index contributed by atoms with van der Waals surface area (Å²) in [5.74, 6) is 0. The van der Waals surface area contributed by atoms with E-state index in [1.54, 1.807) is 4.90 Å². The number of rotatable bonds is 2. The van der Waals surface area contributed by atoms with Crippen molar-refractivity contribution in [2.24, 2.45) is 5.73 Å². The zero-order valence-corrected chi connectivity index (χ0v) is 6.77. The van der Waals surface area contributed by atoms with Crippen LogP contribution in [-0.4, -0.2) is 36.8 Å². The molecule has 1 saturated heterocycles. The van der Waals surface area contributed by atoms with Gasteiger partial charge in [-0.05, 0) is 13.0 Å². The first-order chi connectivity index (χ1) is 5.47. The van der Waals surface area contributed by atoms with Crippen molar-refractivity contribution in [2.45, 2.75) is 25.1 Å². The molecule has 0 bridgehead atoms. The molecule has 2 nitrogen and oxygen atoms in total. The zero-order valence-electron chi connectivity index (χ0n) is 6.77. The fourth-order valence-electron chi connectivity index (χ4n) is 1.35. The minimum Gasteiger partial charge on any atom is -0.326 e. The van der Waals surface area contributed by atoms with Crippen LogP contribution >= 0.6 is 0 Å². The second-order valence-electron chi connectivity index (χ2n) is 3.21. The molecule has 0 aliphatic carbocycles. The van der Waals surface area contributed by atoms with Crippen LogP contribution in [0.3, 0.4) is 0 Å². The van der Waals surface area contributed by atoms with Crippen LogP contribution in [0.5, 0.6) is 0 Å². The molecule has 1 unspecified atom stereocenters. The third-order valence-corrected chi connectivity index (χ3v) is 2.02. The fourth-order valence-corrected chi connectivity index (χ4v) is 1.35. The summed E-state index contributed by atoms with van der Waals surface area (Å²) in [5, 5.41) is 0. The normalized spacial score (nSPS) is 26.5. The van der Waals surface area contributed by atoms with Crippen molar-refractivity contribution < 1.29 is 13.2 Å². The van der Waals surface area contributed by atoms with Gasteiger partial charge in [-0.3, -0.25) is 0 Å². The summed E-state index contributed by atoms with van der Waals surface area (Å²) in [7, 11) is 0. The van der Waals surface area contributed by atoms with E-state index in [9.17, 15) is 13.2 Å². The van der Waals surface area contributed by atoms with E-state index in [0.717, 1.165) is 6.42 Å². The Morgan fingerprint density at radius 1 is 1.42 bits per heavy atom. The number of nitrogens with two attached hydrogens (primary N) is 1. The highest BCUT2D eigenvalue weighted by atomic mass is 19.4. The molecule has 5 heteroatoms. The number of hydrogen-bond acceptors (Lipinski definition) is 2. The highest BCUT2D eigenvalue weighted by Gasteiger charge is 2.29. The number of alkyl halides is 3. The largest absolute Gasteiger partial charge is 0.390 e. The second-order valence-corrected chi connectivity index (χ2v) is 3.21. The molecule has 0 amide bonds. The van der Waals surface area contributed by atoms with E-state index in [-0.39, 0.29) is 12.6 Å². The second kappa shape index (κ2) is 3.62. The maximum absolute atomic E-state index is 11.7. The highest BCUT2D eigenvalue weighted by Crippen LogP contribution is 2.20. The van der Waals surface area contributed by atoms with Gasteiger partial charge in [-0.15, -0.1) is 0 Å². The molecule has 72 valence electrons. The van der Waals surface area contributed by atoms with Crippen LogP contribution in [0.25, 0.3) is 0 Å². The molecule has 1 rings (SSSR count). The Hall–Kier alpha value is -0.290. The summed E-state index contributed by atoms with van der Waals surface area (Å²) in [6.07, 6.45) is -3.94. The topological polar surface area (TPSA) is 29.3 Å². The van der Waals surface area contributed by atoms with Crippen LogP contribution in [0.15, 0.2) is 0 Å². The first-order valence-corrected chi connectivity index (χ1v) is 4.02. The molecule has 1 heterocycles. The van der Waals surface area contributed by atoms with Gasteiger partial charge in [-0.2, -0.15) is 13.2 Å². The van der Waals surface area contributed by atoms with Crippen LogP contribution in [-0.2, 0) is 0 Å². The van der Waals surface area contributed by atoms with Crippen molar-refractivity contribution in [3.63, 3.8) is 0 Å². The standard InChI is InChI=1S/C7H13F3N2/c8-7(9,10)2-4-12-3-1-6(11)5-12/h6H,1-5,11H2. The Balaban J connectivity index is 2.16. The van der Waals surface area contributed by atoms with Crippen LogP contribution in [0.1, 0.15) is 12.8 Å². The van der Waals surface area contributed by atoms with Crippen molar-refractivity contribution in [1.82, 2.24) is 4.90 Å². The first-order valence-electron chi connectivity index (χ1n) is 4.02. The van der Waals surface area contributed by atoms with E-state index in [0.29, 0.717) is 13.1 Å². The van der Waals surface area contributed by atoms with Crippen LogP contribution in [0.4, 0.5) is 13.2 Å². The Bertz CT molecular complexity index is 146. The molecule has 1 fully saturated rings. The van der Waals surface area contributed by atoms with Crippen LogP contribution in [0.2, 0.25) is 0 Å². The molecule has 12 heavy (non-hydrogen) atoms. The molecule has 0 aromatic heterocycles. The maximum atomic E-state index is 11.7. The zero-order chi connectivity index (χ0) is 9.19. The number of halogens is 3. The molecule has 1 aliphatic heterocycles. The van der Waals surface area contributed by atoms with Gasteiger partial charge in [0.25, 0.3) is 0 Å². The molecular weight excluding hydrogens is 169 g/mol. The Morgan fingerprint density at radius 3 is 2.50 bits per heavy atom. The van der Waals surface area contributed by atoms with Gasteiger partial charge in [0.1, 0.15) is 0 Å². The van der Waals surface area contributed by atoms with Gasteiger partial charge in [0.05, 0.1) is 6.42 Å². The molecule has 0 saturated carbocycles. The van der Waals surface area contributed by atoms with Gasteiger partial charge >= 0.3 is 6.18 Å². The summed E-state index contributed by atoms with van der Waals surface area (Å²) in [6.45, 7) is 1.41. The molecule has 0 aromatic rings. The predicted molar refractivity (Wildman–Crippen MR) is 39.7 cm³/mol. The van der Waals surface area contributed by atoms with Gasteiger partial charge in [-0.25, -0.2) is 0 Å². The van der Waals surface area contributed by atoms with E-state index in [1.807, 2.05) is 0 Å². The fraction of sp³-hybridized carbons (Fsp3) is 1.00. The van der Waals surface area contributed by atoms with E-state index in [1.165, 1.54) is 0 Å². The Labute approximate surface area is 69.5 Å². The number of hydrogen-bond donors (Lipinski definition) is 1. The lowest BCUT2D eigenvalue weighted by atomic mass is 10.3. The van der Waals surface area contributed by atoms with Gasteiger partial charge in [-0.1, -0.05) is 0 Å². The minimum atomic E-state index is -4.04. The summed E-state index contributed by atoms with van der Waals surface area (Å²) in [5.41, 5.74) is 5.54. The van der Waals surface area contributed by atoms with Gasteiger partial charge in [0.2, 0.25) is 0 Å². The number of likely N-dealkylation sites (tertiary alicyclic amines) is 1. The summed E-state index contributed by atoms with van der Waals surface area (Å²) < 4.78 is 35.2. The van der Waals surface area contributed by atoms with Crippen molar-refractivity contribution in [1.29, 1.82) is 0 Å². The average Bonchev–Trinajstić information content (AvgIpc) is 2.30. The molecule has 1 aliphatic rings. The minimum absolute atomic E-state index is 0.0678. The molecule has 0 aromatic carbocycles. The maximum Gasteiger partial charge on any atom is 0.390 e. The lowest BCUT2D eigenvalue weighted by molar-refractivity contribution is -0.137. The van der Waals surface area contributed by atoms with Gasteiger partial charge < -0.3 is 10.6 Å². The monoisotopic (exact) mass is 182 g/mol. The molecule has 0 spiro atoms. The van der Waals surface area contributed by atoms with E-state index in [2.05, 4.69) is 0 Å². The summed E-state index contributed by atoms with van der Waals surface area (Å²) >= 11 is 0. The van der Waals surface area contributed by atoms with Crippen LogP contribution < -0.4 is 5.73 Å². The predicted octanol–water partition coefficient (Wildman–Crippen LogP) is 0.972. The SMILES string of the molecule is NC1CCN(CCC(F)(F)F)C1. The van der Waals surface area contributed by atoms with Gasteiger partial charge in [0, 0.05) is 19.1 Å². The van der Waals surface area contributed by atoms with Crippen molar-refractivity contribution >= 4 is 0 Å². The average molecular weight is 182 g/mol. The van der Waals surface area contributed by atoms with Crippen LogP contribution in [0, 0.1) is 0 Å². The number of nitrogens with zero attached hydrogens (tertiary/aromatic N) is 1. The van der Waals surface area contributed by atoms with Crippen molar-refractivity contribution in [3.05, 3.63) is 0 Å². The van der Waals surface area contributed by atoms with E-state index >= 15 is 0 Å².